The number of likely N-dealkylation sites (N-methyl/N-ethyl adjacent to an activating group) is 2. The molecular weight excluding hydrogens is 248 g/mol. The van der Waals surface area contributed by atoms with Crippen LogP contribution < -0.4 is 9.64 Å². The number of hydrogen-bond acceptors (Lipinski definition) is 4. The Morgan fingerprint density at radius 1 is 1.47 bits per heavy atom. The molecule has 1 N–H and O–H groups in total. The largest absolute Gasteiger partial charge is 0.482 e. The van der Waals surface area contributed by atoms with Crippen LogP contribution in [0.2, 0.25) is 0 Å². The van der Waals surface area contributed by atoms with E-state index < -0.39 is 12.0 Å². The first-order chi connectivity index (χ1) is 8.91. The minimum absolute atomic E-state index is 0.0128. The standard InChI is InChI=1S/C13H16N2O4/c1-14(2)12(13(17)18)8-4-5-10-9(6-8)15(3)11(16)7-19-10/h4-6,12H,7H2,1-3H3,(H,17,18). The van der Waals surface area contributed by atoms with Gasteiger partial charge in [0.15, 0.2) is 6.61 Å². The van der Waals surface area contributed by atoms with Gasteiger partial charge >= 0.3 is 5.97 Å². The summed E-state index contributed by atoms with van der Waals surface area (Å²) < 4.78 is 5.31. The first kappa shape index (κ1) is 13.4. The fraction of sp³-hybridized carbons (Fsp3) is 0.385. The highest BCUT2D eigenvalue weighted by Gasteiger charge is 2.27. The predicted octanol–water partition coefficient (Wildman–Crippen LogP) is 0.729. The van der Waals surface area contributed by atoms with E-state index in [1.165, 1.54) is 4.90 Å². The van der Waals surface area contributed by atoms with Crippen LogP contribution in [0, 0.1) is 0 Å². The third kappa shape index (κ3) is 2.39. The van der Waals surface area contributed by atoms with Gasteiger partial charge in [0.2, 0.25) is 0 Å². The second-order valence-corrected chi connectivity index (χ2v) is 4.67. The number of benzene rings is 1. The van der Waals surface area contributed by atoms with Gasteiger partial charge in [-0.3, -0.25) is 14.5 Å². The Balaban J connectivity index is 2.45. The molecule has 102 valence electrons. The molecule has 1 amide bonds. The third-order valence-corrected chi connectivity index (χ3v) is 3.14. The smallest absolute Gasteiger partial charge is 0.325 e. The number of carbonyl (C=O) groups excluding carboxylic acids is 1. The molecule has 6 heteroatoms. The van der Waals surface area contributed by atoms with Crippen LogP contribution in [0.3, 0.4) is 0 Å². The average Bonchev–Trinajstić information content (AvgIpc) is 2.33. The Hall–Kier alpha value is -2.08. The molecular formula is C13H16N2O4. The number of aliphatic carboxylic acids is 1. The molecule has 0 fully saturated rings. The molecule has 19 heavy (non-hydrogen) atoms. The van der Waals surface area contributed by atoms with Crippen molar-refractivity contribution in [1.82, 2.24) is 4.90 Å². The van der Waals surface area contributed by atoms with Gasteiger partial charge in [-0.1, -0.05) is 6.07 Å². The van der Waals surface area contributed by atoms with Gasteiger partial charge in [-0.25, -0.2) is 0 Å². The quantitative estimate of drug-likeness (QED) is 0.871. The number of carboxylic acids is 1. The van der Waals surface area contributed by atoms with Gasteiger partial charge in [-0.15, -0.1) is 0 Å². The predicted molar refractivity (Wildman–Crippen MR) is 69.4 cm³/mol. The monoisotopic (exact) mass is 264 g/mol. The Morgan fingerprint density at radius 3 is 2.74 bits per heavy atom. The number of fused-ring (bicyclic) bond motifs is 1. The second kappa shape index (κ2) is 4.89. The topological polar surface area (TPSA) is 70.1 Å². The summed E-state index contributed by atoms with van der Waals surface area (Å²) in [7, 11) is 5.05. The first-order valence-electron chi connectivity index (χ1n) is 5.84. The molecule has 0 aliphatic carbocycles. The summed E-state index contributed by atoms with van der Waals surface area (Å²) in [5, 5.41) is 9.27. The number of amides is 1. The lowest BCUT2D eigenvalue weighted by Gasteiger charge is -2.28. The van der Waals surface area contributed by atoms with Crippen LogP contribution in [0.1, 0.15) is 11.6 Å². The zero-order valence-electron chi connectivity index (χ0n) is 11.1. The lowest BCUT2D eigenvalue weighted by molar-refractivity contribution is -0.142. The molecule has 1 aliphatic rings. The summed E-state index contributed by atoms with van der Waals surface area (Å²) in [5.74, 6) is -0.495. The number of anilines is 1. The molecule has 2 rings (SSSR count). The van der Waals surface area contributed by atoms with Crippen molar-refractivity contribution in [3.8, 4) is 5.75 Å². The molecule has 6 nitrogen and oxygen atoms in total. The maximum Gasteiger partial charge on any atom is 0.325 e. The van der Waals surface area contributed by atoms with Crippen molar-refractivity contribution >= 4 is 17.6 Å². The summed E-state index contributed by atoms with van der Waals surface area (Å²) in [5.41, 5.74) is 1.21. The Labute approximate surface area is 111 Å². The molecule has 0 aromatic heterocycles. The lowest BCUT2D eigenvalue weighted by atomic mass is 10.0. The molecule has 0 radical (unpaired) electrons. The number of hydrogen-bond donors (Lipinski definition) is 1. The fourth-order valence-electron chi connectivity index (χ4n) is 2.12. The summed E-state index contributed by atoms with van der Waals surface area (Å²) in [6.07, 6.45) is 0. The molecule has 0 spiro atoms. The molecule has 0 saturated carbocycles. The van der Waals surface area contributed by atoms with Crippen LogP contribution in [-0.4, -0.2) is 49.6 Å². The van der Waals surface area contributed by atoms with E-state index in [4.69, 9.17) is 4.74 Å². The lowest BCUT2D eigenvalue weighted by Crippen LogP contribution is -2.36. The summed E-state index contributed by atoms with van der Waals surface area (Å²) in [6, 6.07) is 4.34. The van der Waals surface area contributed by atoms with Crippen molar-refractivity contribution in [1.29, 1.82) is 0 Å². The summed E-state index contributed by atoms with van der Waals surface area (Å²) in [6.45, 7) is 0.0128. The van der Waals surface area contributed by atoms with Gasteiger partial charge < -0.3 is 14.7 Å². The minimum Gasteiger partial charge on any atom is -0.482 e. The van der Waals surface area contributed by atoms with Crippen molar-refractivity contribution in [2.75, 3.05) is 32.6 Å². The Morgan fingerprint density at radius 2 is 2.16 bits per heavy atom. The second-order valence-electron chi connectivity index (χ2n) is 4.67. The number of rotatable bonds is 3. The summed E-state index contributed by atoms with van der Waals surface area (Å²) in [4.78, 5) is 26.0. The normalized spacial score (nSPS) is 16.0. The maximum absolute atomic E-state index is 11.6. The molecule has 1 heterocycles. The van der Waals surface area contributed by atoms with Crippen molar-refractivity contribution in [3.63, 3.8) is 0 Å². The molecule has 0 bridgehead atoms. The fourth-order valence-corrected chi connectivity index (χ4v) is 2.12. The van der Waals surface area contributed by atoms with E-state index in [1.807, 2.05) is 0 Å². The van der Waals surface area contributed by atoms with Crippen LogP contribution in [0.15, 0.2) is 18.2 Å². The van der Waals surface area contributed by atoms with E-state index in [9.17, 15) is 14.7 Å². The zero-order valence-corrected chi connectivity index (χ0v) is 11.1. The minimum atomic E-state index is -0.935. The van der Waals surface area contributed by atoms with Crippen molar-refractivity contribution in [2.45, 2.75) is 6.04 Å². The summed E-state index contributed by atoms with van der Waals surface area (Å²) >= 11 is 0. The van der Waals surface area contributed by atoms with E-state index in [0.29, 0.717) is 17.0 Å². The van der Waals surface area contributed by atoms with Crippen molar-refractivity contribution < 1.29 is 19.4 Å². The van der Waals surface area contributed by atoms with E-state index in [1.54, 1.807) is 44.2 Å². The first-order valence-corrected chi connectivity index (χ1v) is 5.84. The van der Waals surface area contributed by atoms with Gasteiger partial charge in [0.25, 0.3) is 5.91 Å². The average molecular weight is 264 g/mol. The number of carbonyl (C=O) groups is 2. The third-order valence-electron chi connectivity index (χ3n) is 3.14. The van der Waals surface area contributed by atoms with E-state index in [0.717, 1.165) is 0 Å². The highest BCUT2D eigenvalue weighted by Crippen LogP contribution is 2.34. The molecule has 1 atom stereocenters. The molecule has 1 unspecified atom stereocenters. The maximum atomic E-state index is 11.6. The van der Waals surface area contributed by atoms with Crippen LogP contribution in [0.5, 0.6) is 5.75 Å². The van der Waals surface area contributed by atoms with E-state index >= 15 is 0 Å². The molecule has 1 aromatic rings. The number of ether oxygens (including phenoxy) is 1. The Bertz CT molecular complexity index is 527. The highest BCUT2D eigenvalue weighted by atomic mass is 16.5. The number of nitrogens with zero attached hydrogens (tertiary/aromatic N) is 2. The van der Waals surface area contributed by atoms with Gasteiger partial charge in [0, 0.05) is 7.05 Å². The zero-order chi connectivity index (χ0) is 14.2. The SMILES string of the molecule is CN1C(=O)COc2ccc(C(C(=O)O)N(C)C)cc21. The van der Waals surface area contributed by atoms with E-state index in [-0.39, 0.29) is 12.5 Å². The molecule has 1 aromatic carbocycles. The highest BCUT2D eigenvalue weighted by molar-refractivity contribution is 5.97. The van der Waals surface area contributed by atoms with E-state index in [2.05, 4.69) is 0 Å². The van der Waals surface area contributed by atoms with Crippen LogP contribution in [0.4, 0.5) is 5.69 Å². The van der Waals surface area contributed by atoms with Gasteiger partial charge in [0.1, 0.15) is 11.8 Å². The van der Waals surface area contributed by atoms with Crippen LogP contribution in [0.25, 0.3) is 0 Å². The molecule has 0 saturated heterocycles. The molecule has 1 aliphatic heterocycles. The van der Waals surface area contributed by atoms with Gasteiger partial charge in [-0.05, 0) is 31.8 Å². The Kier molecular flexibility index (Phi) is 3.44. The van der Waals surface area contributed by atoms with Crippen molar-refractivity contribution in [3.05, 3.63) is 23.8 Å². The van der Waals surface area contributed by atoms with Gasteiger partial charge in [0.05, 0.1) is 5.69 Å². The van der Waals surface area contributed by atoms with Crippen molar-refractivity contribution in [2.24, 2.45) is 0 Å². The number of carboxylic acid groups (broad SMARTS) is 1. The van der Waals surface area contributed by atoms with Crippen LogP contribution >= 0.6 is 0 Å². The van der Waals surface area contributed by atoms with Gasteiger partial charge in [-0.2, -0.15) is 0 Å². The van der Waals surface area contributed by atoms with Crippen LogP contribution in [-0.2, 0) is 9.59 Å².